The van der Waals surface area contributed by atoms with Crippen LogP contribution in [0.3, 0.4) is 0 Å². The Labute approximate surface area is 93.2 Å². The van der Waals surface area contributed by atoms with Crippen molar-refractivity contribution in [2.75, 3.05) is 26.7 Å². The van der Waals surface area contributed by atoms with E-state index >= 15 is 0 Å². The number of nitrogens with one attached hydrogen (secondary N) is 1. The third-order valence-electron chi connectivity index (χ3n) is 2.23. The maximum Gasteiger partial charge on any atom is 0.279 e. The molecule has 0 aliphatic heterocycles. The maximum absolute atomic E-state index is 11.7. The summed E-state index contributed by atoms with van der Waals surface area (Å²) in [5.41, 5.74) is 5.40. The molecule has 0 spiro atoms. The summed E-state index contributed by atoms with van der Waals surface area (Å²) in [5.74, 6) is 0. The Kier molecular flexibility index (Phi) is 5.72. The molecule has 0 bridgehead atoms. The topological polar surface area (TPSA) is 75.4 Å². The molecule has 0 aromatic heterocycles. The van der Waals surface area contributed by atoms with E-state index in [0.717, 1.165) is 6.42 Å². The van der Waals surface area contributed by atoms with Gasteiger partial charge >= 0.3 is 0 Å². The van der Waals surface area contributed by atoms with Gasteiger partial charge in [0.15, 0.2) is 0 Å². The highest BCUT2D eigenvalue weighted by Crippen LogP contribution is 2.16. The van der Waals surface area contributed by atoms with Gasteiger partial charge in [-0.2, -0.15) is 12.7 Å². The van der Waals surface area contributed by atoms with Gasteiger partial charge in [0, 0.05) is 20.1 Å². The molecule has 0 radical (unpaired) electrons. The normalized spacial score (nSPS) is 13.5. The Hall–Kier alpha value is -0.170. The zero-order valence-corrected chi connectivity index (χ0v) is 10.9. The second kappa shape index (κ2) is 5.79. The van der Waals surface area contributed by atoms with Gasteiger partial charge in [-0.15, -0.1) is 0 Å². The van der Waals surface area contributed by atoms with Crippen molar-refractivity contribution in [2.24, 2.45) is 11.1 Å². The highest BCUT2D eigenvalue weighted by atomic mass is 32.2. The highest BCUT2D eigenvalue weighted by molar-refractivity contribution is 7.87. The predicted molar refractivity (Wildman–Crippen MR) is 62.7 cm³/mol. The second-order valence-electron chi connectivity index (χ2n) is 4.41. The zero-order chi connectivity index (χ0) is 12.1. The van der Waals surface area contributed by atoms with E-state index in [-0.39, 0.29) is 5.41 Å². The first-order valence-corrected chi connectivity index (χ1v) is 6.62. The van der Waals surface area contributed by atoms with Crippen molar-refractivity contribution in [3.05, 3.63) is 0 Å². The molecular formula is C9H23N3O2S. The Morgan fingerprint density at radius 1 is 1.40 bits per heavy atom. The number of nitrogens with zero attached hydrogens (tertiary/aromatic N) is 1. The van der Waals surface area contributed by atoms with E-state index in [0.29, 0.717) is 19.6 Å². The van der Waals surface area contributed by atoms with Crippen molar-refractivity contribution >= 4 is 10.2 Å². The van der Waals surface area contributed by atoms with Crippen molar-refractivity contribution in [3.63, 3.8) is 0 Å². The molecule has 0 atom stereocenters. The van der Waals surface area contributed by atoms with Gasteiger partial charge < -0.3 is 5.73 Å². The third kappa shape index (κ3) is 4.92. The average molecular weight is 237 g/mol. The lowest BCUT2D eigenvalue weighted by Crippen LogP contribution is -2.46. The zero-order valence-electron chi connectivity index (χ0n) is 10.1. The average Bonchev–Trinajstić information content (AvgIpc) is 2.17. The first kappa shape index (κ1) is 14.8. The van der Waals surface area contributed by atoms with Crippen molar-refractivity contribution in [2.45, 2.75) is 27.2 Å². The number of rotatable bonds is 7. The first-order valence-electron chi connectivity index (χ1n) is 5.17. The van der Waals surface area contributed by atoms with Gasteiger partial charge in [0.25, 0.3) is 10.2 Å². The van der Waals surface area contributed by atoms with Gasteiger partial charge in [0.1, 0.15) is 0 Å². The lowest BCUT2D eigenvalue weighted by Gasteiger charge is -2.30. The molecule has 0 aliphatic rings. The van der Waals surface area contributed by atoms with Gasteiger partial charge in [0.05, 0.1) is 0 Å². The van der Waals surface area contributed by atoms with Crippen LogP contribution >= 0.6 is 0 Å². The van der Waals surface area contributed by atoms with E-state index in [1.807, 2.05) is 20.8 Å². The van der Waals surface area contributed by atoms with Crippen LogP contribution in [0.15, 0.2) is 0 Å². The molecule has 0 aliphatic carbocycles. The molecule has 3 N–H and O–H groups in total. The summed E-state index contributed by atoms with van der Waals surface area (Å²) in [7, 11) is -1.91. The van der Waals surface area contributed by atoms with Crippen LogP contribution in [0.2, 0.25) is 0 Å². The molecule has 0 heterocycles. The van der Waals surface area contributed by atoms with E-state index in [1.54, 1.807) is 0 Å². The summed E-state index contributed by atoms with van der Waals surface area (Å²) in [6, 6.07) is 0. The minimum atomic E-state index is -3.34. The van der Waals surface area contributed by atoms with Crippen LogP contribution in [-0.4, -0.2) is 39.4 Å². The molecular weight excluding hydrogens is 214 g/mol. The molecule has 0 aromatic carbocycles. The number of nitrogens with two attached hydrogens (primary N) is 1. The molecule has 0 aromatic rings. The third-order valence-corrected chi connectivity index (χ3v) is 3.74. The summed E-state index contributed by atoms with van der Waals surface area (Å²) in [5, 5.41) is 0. The van der Waals surface area contributed by atoms with Crippen molar-refractivity contribution < 1.29 is 8.42 Å². The van der Waals surface area contributed by atoms with Crippen LogP contribution in [0.5, 0.6) is 0 Å². The van der Waals surface area contributed by atoms with Crippen molar-refractivity contribution in [3.8, 4) is 0 Å². The minimum Gasteiger partial charge on any atom is -0.330 e. The summed E-state index contributed by atoms with van der Waals surface area (Å²) >= 11 is 0. The molecule has 6 heteroatoms. The Balaban J connectivity index is 4.70. The lowest BCUT2D eigenvalue weighted by atomic mass is 9.94. The van der Waals surface area contributed by atoms with Gasteiger partial charge in [0.2, 0.25) is 0 Å². The summed E-state index contributed by atoms with van der Waals surface area (Å²) < 4.78 is 27.1. The SMILES string of the molecule is CCCN(CC(C)(C)CN)S(=O)(=O)NC. The lowest BCUT2D eigenvalue weighted by molar-refractivity contribution is 0.265. The van der Waals surface area contributed by atoms with E-state index in [1.165, 1.54) is 11.4 Å². The molecule has 0 rings (SSSR count). The highest BCUT2D eigenvalue weighted by Gasteiger charge is 2.26. The smallest absolute Gasteiger partial charge is 0.279 e. The maximum atomic E-state index is 11.7. The standard InChI is InChI=1S/C9H23N3O2S/c1-5-6-12(15(13,14)11-4)8-9(2,3)7-10/h11H,5-8,10H2,1-4H3. The van der Waals surface area contributed by atoms with Crippen LogP contribution in [0.4, 0.5) is 0 Å². The van der Waals surface area contributed by atoms with E-state index in [2.05, 4.69) is 4.72 Å². The second-order valence-corrected chi connectivity index (χ2v) is 6.29. The quantitative estimate of drug-likeness (QED) is 0.661. The van der Waals surface area contributed by atoms with Crippen LogP contribution in [-0.2, 0) is 10.2 Å². The van der Waals surface area contributed by atoms with Crippen LogP contribution in [0.25, 0.3) is 0 Å². The molecule has 15 heavy (non-hydrogen) atoms. The van der Waals surface area contributed by atoms with Crippen LogP contribution in [0.1, 0.15) is 27.2 Å². The minimum absolute atomic E-state index is 0.195. The fourth-order valence-electron chi connectivity index (χ4n) is 1.20. The molecule has 0 unspecified atom stereocenters. The Morgan fingerprint density at radius 2 is 1.93 bits per heavy atom. The van der Waals surface area contributed by atoms with Gasteiger partial charge in [-0.3, -0.25) is 0 Å². The van der Waals surface area contributed by atoms with E-state index < -0.39 is 10.2 Å². The largest absolute Gasteiger partial charge is 0.330 e. The van der Waals surface area contributed by atoms with E-state index in [9.17, 15) is 8.42 Å². The van der Waals surface area contributed by atoms with Gasteiger partial charge in [-0.25, -0.2) is 4.72 Å². The predicted octanol–water partition coefficient (Wildman–Crippen LogP) is 0.148. The summed E-state index contributed by atoms with van der Waals surface area (Å²) in [6.07, 6.45) is 0.793. The van der Waals surface area contributed by atoms with Gasteiger partial charge in [-0.05, 0) is 18.4 Å². The van der Waals surface area contributed by atoms with Crippen molar-refractivity contribution in [1.82, 2.24) is 9.03 Å². The van der Waals surface area contributed by atoms with Crippen molar-refractivity contribution in [1.29, 1.82) is 0 Å². The van der Waals surface area contributed by atoms with Crippen LogP contribution in [0, 0.1) is 5.41 Å². The number of hydrogen-bond donors (Lipinski definition) is 2. The monoisotopic (exact) mass is 237 g/mol. The van der Waals surface area contributed by atoms with Gasteiger partial charge in [-0.1, -0.05) is 20.8 Å². The number of hydrogen-bond acceptors (Lipinski definition) is 3. The summed E-state index contributed by atoms with van der Waals surface area (Å²) in [6.45, 7) is 7.30. The molecule has 0 saturated heterocycles. The fraction of sp³-hybridized carbons (Fsp3) is 1.00. The van der Waals surface area contributed by atoms with Crippen LogP contribution < -0.4 is 10.5 Å². The summed E-state index contributed by atoms with van der Waals surface area (Å²) in [4.78, 5) is 0. The first-order chi connectivity index (χ1) is 6.79. The Morgan fingerprint density at radius 3 is 2.27 bits per heavy atom. The Bertz CT molecular complexity index is 275. The molecule has 0 amide bonds. The molecule has 0 saturated carbocycles. The van der Waals surface area contributed by atoms with E-state index in [4.69, 9.17) is 5.73 Å². The molecule has 5 nitrogen and oxygen atoms in total. The molecule has 92 valence electrons. The molecule has 0 fully saturated rings. The fourth-order valence-corrected chi connectivity index (χ4v) is 2.41.